The van der Waals surface area contributed by atoms with Crippen LogP contribution < -0.4 is 10.6 Å². The van der Waals surface area contributed by atoms with Crippen molar-refractivity contribution in [3.8, 4) is 0 Å². The summed E-state index contributed by atoms with van der Waals surface area (Å²) in [6.45, 7) is 0.777. The number of aliphatic hydroxyl groups excluding tert-OH is 1. The van der Waals surface area contributed by atoms with Crippen LogP contribution in [0.25, 0.3) is 11.0 Å². The zero-order valence-electron chi connectivity index (χ0n) is 22.1. The van der Waals surface area contributed by atoms with Crippen LogP contribution >= 0.6 is 0 Å². The fourth-order valence-electron chi connectivity index (χ4n) is 5.57. The summed E-state index contributed by atoms with van der Waals surface area (Å²) in [5, 5.41) is 14.9. The monoisotopic (exact) mass is 525 g/mol. The molecular weight excluding hydrogens is 490 g/mol. The summed E-state index contributed by atoms with van der Waals surface area (Å²) in [4.78, 5) is 34.2. The number of carbonyl (C=O) groups is 2. The van der Waals surface area contributed by atoms with Crippen molar-refractivity contribution in [2.45, 2.75) is 51.0 Å². The van der Waals surface area contributed by atoms with Crippen molar-refractivity contribution in [2.75, 3.05) is 18.5 Å². The molecule has 8 nitrogen and oxygen atoms in total. The summed E-state index contributed by atoms with van der Waals surface area (Å²) in [7, 11) is 0. The topological polar surface area (TPSA) is 109 Å². The van der Waals surface area contributed by atoms with Gasteiger partial charge in [0.15, 0.2) is 0 Å². The second-order valence-corrected chi connectivity index (χ2v) is 10.2. The normalized spacial score (nSPS) is 17.2. The van der Waals surface area contributed by atoms with Gasteiger partial charge in [-0.2, -0.15) is 0 Å². The summed E-state index contributed by atoms with van der Waals surface area (Å²) in [6.07, 6.45) is 8.50. The van der Waals surface area contributed by atoms with E-state index in [9.17, 15) is 14.7 Å². The van der Waals surface area contributed by atoms with Crippen LogP contribution in [0.1, 0.15) is 55.0 Å². The van der Waals surface area contributed by atoms with Gasteiger partial charge in [0.25, 0.3) is 0 Å². The first-order valence-corrected chi connectivity index (χ1v) is 13.7. The van der Waals surface area contributed by atoms with Crippen molar-refractivity contribution in [2.24, 2.45) is 5.92 Å². The maximum absolute atomic E-state index is 13.1. The summed E-state index contributed by atoms with van der Waals surface area (Å²) < 4.78 is 2.23. The summed E-state index contributed by atoms with van der Waals surface area (Å²) >= 11 is 0. The number of para-hydroxylation sites is 2. The van der Waals surface area contributed by atoms with Crippen molar-refractivity contribution in [3.05, 3.63) is 90.0 Å². The first-order valence-electron chi connectivity index (χ1n) is 13.7. The Balaban J connectivity index is 1.25. The van der Waals surface area contributed by atoms with Crippen LogP contribution in [-0.2, 0) is 22.6 Å². The standard InChI is InChI=1S/C31H35N5O3/c37-18-6-12-29-35-27-10-3-4-11-28(27)36(29)21-22-13-15-23(16-14-22)25-8-1-2-9-26(25)31(39)33-20-30(38)34-24-7-5-17-32-19-24/h3-5,7,10-11,13-17,19,25-26,37H,1-2,6,8-9,12,18,20-21H2,(H,33,39)(H,34,38)/t25-,26+/m0/s1. The minimum Gasteiger partial charge on any atom is -0.396 e. The van der Waals surface area contributed by atoms with Gasteiger partial charge in [-0.25, -0.2) is 4.98 Å². The molecule has 1 aliphatic carbocycles. The Morgan fingerprint density at radius 3 is 2.62 bits per heavy atom. The van der Waals surface area contributed by atoms with E-state index in [2.05, 4.69) is 50.5 Å². The number of nitrogens with one attached hydrogen (secondary N) is 2. The summed E-state index contributed by atoms with van der Waals surface area (Å²) in [6, 6.07) is 20.2. The number of hydrogen-bond acceptors (Lipinski definition) is 5. The summed E-state index contributed by atoms with van der Waals surface area (Å²) in [5.41, 5.74) is 4.99. The van der Waals surface area contributed by atoms with Gasteiger partial charge in [-0.3, -0.25) is 14.6 Å². The molecule has 0 saturated heterocycles. The molecule has 0 unspecified atom stereocenters. The van der Waals surface area contributed by atoms with Gasteiger partial charge in [0.05, 0.1) is 29.5 Å². The molecule has 0 spiro atoms. The third-order valence-corrected chi connectivity index (χ3v) is 7.51. The van der Waals surface area contributed by atoms with E-state index in [1.165, 1.54) is 0 Å². The number of pyridine rings is 1. The number of anilines is 1. The van der Waals surface area contributed by atoms with Crippen LogP contribution in [0.15, 0.2) is 73.1 Å². The lowest BCUT2D eigenvalue weighted by Crippen LogP contribution is -2.39. The number of nitrogens with zero attached hydrogens (tertiary/aromatic N) is 3. The Morgan fingerprint density at radius 2 is 1.82 bits per heavy atom. The van der Waals surface area contributed by atoms with E-state index in [0.29, 0.717) is 18.7 Å². The van der Waals surface area contributed by atoms with Crippen molar-refractivity contribution in [1.82, 2.24) is 19.9 Å². The molecule has 3 N–H and O–H groups in total. The van der Waals surface area contributed by atoms with E-state index in [1.807, 2.05) is 18.2 Å². The second-order valence-electron chi connectivity index (χ2n) is 10.2. The molecule has 8 heteroatoms. The van der Waals surface area contributed by atoms with E-state index in [0.717, 1.165) is 60.1 Å². The molecule has 2 aromatic heterocycles. The SMILES string of the molecule is O=C(CNC(=O)[C@@H]1CCCC[C@H]1c1ccc(Cn2c(CCCO)nc3ccccc32)cc1)Nc1cccnc1. The highest BCUT2D eigenvalue weighted by molar-refractivity contribution is 5.94. The zero-order chi connectivity index (χ0) is 27.0. The number of fused-ring (bicyclic) bond motifs is 1. The fourth-order valence-corrected chi connectivity index (χ4v) is 5.57. The third kappa shape index (κ3) is 6.52. The Morgan fingerprint density at radius 1 is 1.00 bits per heavy atom. The lowest BCUT2D eigenvalue weighted by molar-refractivity contribution is -0.128. The first kappa shape index (κ1) is 26.6. The predicted octanol–water partition coefficient (Wildman–Crippen LogP) is 4.43. The molecule has 4 aromatic rings. The number of rotatable bonds is 10. The van der Waals surface area contributed by atoms with E-state index in [4.69, 9.17) is 4.98 Å². The molecule has 1 aliphatic rings. The van der Waals surface area contributed by atoms with Crippen LogP contribution in [0.3, 0.4) is 0 Å². The number of aryl methyl sites for hydroxylation is 1. The number of hydrogen-bond donors (Lipinski definition) is 3. The summed E-state index contributed by atoms with van der Waals surface area (Å²) in [5.74, 6) is 0.620. The minimum atomic E-state index is -0.265. The lowest BCUT2D eigenvalue weighted by atomic mass is 9.75. The Hall–Kier alpha value is -4.04. The van der Waals surface area contributed by atoms with Gasteiger partial charge in [-0.05, 0) is 60.6 Å². The van der Waals surface area contributed by atoms with Gasteiger partial charge >= 0.3 is 0 Å². The number of aromatic nitrogens is 3. The van der Waals surface area contributed by atoms with Gasteiger partial charge in [-0.1, -0.05) is 49.2 Å². The van der Waals surface area contributed by atoms with Crippen LogP contribution in [0.4, 0.5) is 5.69 Å². The van der Waals surface area contributed by atoms with Gasteiger partial charge < -0.3 is 20.3 Å². The molecule has 2 atom stereocenters. The molecule has 1 fully saturated rings. The van der Waals surface area contributed by atoms with Crippen LogP contribution in [-0.4, -0.2) is 44.6 Å². The van der Waals surface area contributed by atoms with E-state index < -0.39 is 0 Å². The van der Waals surface area contributed by atoms with Crippen molar-refractivity contribution in [1.29, 1.82) is 0 Å². The molecule has 1 saturated carbocycles. The number of aliphatic hydroxyl groups is 1. The smallest absolute Gasteiger partial charge is 0.243 e. The van der Waals surface area contributed by atoms with Crippen molar-refractivity contribution in [3.63, 3.8) is 0 Å². The quantitative estimate of drug-likeness (QED) is 0.284. The number of benzene rings is 2. The molecule has 2 amide bonds. The van der Waals surface area contributed by atoms with Crippen LogP contribution in [0.2, 0.25) is 0 Å². The molecule has 0 bridgehead atoms. The largest absolute Gasteiger partial charge is 0.396 e. The van der Waals surface area contributed by atoms with Crippen LogP contribution in [0, 0.1) is 5.92 Å². The minimum absolute atomic E-state index is 0.0621. The fraction of sp³-hybridized carbons (Fsp3) is 0.355. The van der Waals surface area contributed by atoms with Crippen LogP contribution in [0.5, 0.6) is 0 Å². The highest BCUT2D eigenvalue weighted by Crippen LogP contribution is 2.38. The molecule has 2 aromatic carbocycles. The highest BCUT2D eigenvalue weighted by Gasteiger charge is 2.32. The number of amides is 2. The Bertz CT molecular complexity index is 1400. The number of carbonyl (C=O) groups excluding carboxylic acids is 2. The van der Waals surface area contributed by atoms with Gasteiger partial charge in [0, 0.05) is 31.7 Å². The lowest BCUT2D eigenvalue weighted by Gasteiger charge is -2.31. The predicted molar refractivity (Wildman–Crippen MR) is 151 cm³/mol. The van der Waals surface area contributed by atoms with Gasteiger partial charge in [-0.15, -0.1) is 0 Å². The Labute approximate surface area is 228 Å². The average Bonchev–Trinajstić information content (AvgIpc) is 3.32. The third-order valence-electron chi connectivity index (χ3n) is 7.51. The van der Waals surface area contributed by atoms with Crippen molar-refractivity contribution < 1.29 is 14.7 Å². The van der Waals surface area contributed by atoms with E-state index in [1.54, 1.807) is 24.5 Å². The highest BCUT2D eigenvalue weighted by atomic mass is 16.3. The average molecular weight is 526 g/mol. The Kier molecular flexibility index (Phi) is 8.63. The molecule has 0 radical (unpaired) electrons. The molecule has 5 rings (SSSR count). The molecule has 202 valence electrons. The first-order chi connectivity index (χ1) is 19.1. The van der Waals surface area contributed by atoms with Gasteiger partial charge in [0.1, 0.15) is 5.82 Å². The van der Waals surface area contributed by atoms with Crippen molar-refractivity contribution >= 4 is 28.5 Å². The number of imidazole rings is 1. The van der Waals surface area contributed by atoms with Gasteiger partial charge in [0.2, 0.25) is 11.8 Å². The van der Waals surface area contributed by atoms with E-state index >= 15 is 0 Å². The molecule has 2 heterocycles. The molecule has 39 heavy (non-hydrogen) atoms. The zero-order valence-corrected chi connectivity index (χ0v) is 22.1. The molecular formula is C31H35N5O3. The maximum Gasteiger partial charge on any atom is 0.243 e. The maximum atomic E-state index is 13.1. The molecule has 0 aliphatic heterocycles. The second kappa shape index (κ2) is 12.7. The van der Waals surface area contributed by atoms with E-state index in [-0.39, 0.29) is 36.8 Å².